The summed E-state index contributed by atoms with van der Waals surface area (Å²) in [7, 11) is 0. The van der Waals surface area contributed by atoms with Crippen LogP contribution in [0.15, 0.2) is 41.0 Å². The standard InChI is InChI=1S/C17H21NO2/c1-12(2)18-11-17-16(9-10-19-17)13-3-5-14(6-4-13)20-15-7-8-15/h3-6,9-10,12,15,18H,7-8,11H2,1-2H3. The van der Waals surface area contributed by atoms with Crippen LogP contribution < -0.4 is 10.1 Å². The summed E-state index contributed by atoms with van der Waals surface area (Å²) in [6.45, 7) is 5.01. The first-order valence-corrected chi connectivity index (χ1v) is 7.29. The Morgan fingerprint density at radius 2 is 1.95 bits per heavy atom. The molecule has 0 aliphatic heterocycles. The van der Waals surface area contributed by atoms with Gasteiger partial charge >= 0.3 is 0 Å². The molecular weight excluding hydrogens is 250 g/mol. The summed E-state index contributed by atoms with van der Waals surface area (Å²) in [4.78, 5) is 0. The molecule has 0 atom stereocenters. The molecule has 0 bridgehead atoms. The first kappa shape index (κ1) is 13.3. The molecule has 0 amide bonds. The van der Waals surface area contributed by atoms with Crippen molar-refractivity contribution in [3.63, 3.8) is 0 Å². The van der Waals surface area contributed by atoms with E-state index < -0.39 is 0 Å². The van der Waals surface area contributed by atoms with E-state index in [0.717, 1.165) is 23.6 Å². The van der Waals surface area contributed by atoms with Gasteiger partial charge in [0.05, 0.1) is 18.9 Å². The Balaban J connectivity index is 1.73. The van der Waals surface area contributed by atoms with E-state index in [9.17, 15) is 0 Å². The molecule has 1 aliphatic rings. The Bertz CT molecular complexity index is 553. The summed E-state index contributed by atoms with van der Waals surface area (Å²) >= 11 is 0. The minimum Gasteiger partial charge on any atom is -0.490 e. The lowest BCUT2D eigenvalue weighted by molar-refractivity contribution is 0.303. The van der Waals surface area contributed by atoms with Gasteiger partial charge in [0.2, 0.25) is 0 Å². The molecule has 106 valence electrons. The zero-order chi connectivity index (χ0) is 13.9. The summed E-state index contributed by atoms with van der Waals surface area (Å²) in [6, 6.07) is 10.7. The summed E-state index contributed by atoms with van der Waals surface area (Å²) in [5.41, 5.74) is 2.32. The maximum absolute atomic E-state index is 5.77. The quantitative estimate of drug-likeness (QED) is 0.862. The molecule has 3 nitrogen and oxygen atoms in total. The van der Waals surface area contributed by atoms with E-state index in [-0.39, 0.29) is 0 Å². The molecule has 1 N–H and O–H groups in total. The van der Waals surface area contributed by atoms with E-state index in [4.69, 9.17) is 9.15 Å². The molecule has 3 rings (SSSR count). The van der Waals surface area contributed by atoms with Crippen molar-refractivity contribution < 1.29 is 9.15 Å². The average molecular weight is 271 g/mol. The second kappa shape index (κ2) is 5.71. The van der Waals surface area contributed by atoms with Crippen molar-refractivity contribution in [2.75, 3.05) is 0 Å². The largest absolute Gasteiger partial charge is 0.490 e. The first-order chi connectivity index (χ1) is 9.72. The van der Waals surface area contributed by atoms with Crippen molar-refractivity contribution in [1.29, 1.82) is 0 Å². The highest BCUT2D eigenvalue weighted by atomic mass is 16.5. The van der Waals surface area contributed by atoms with Gasteiger partial charge in [-0.15, -0.1) is 0 Å². The maximum atomic E-state index is 5.77. The second-order valence-corrected chi connectivity index (χ2v) is 5.63. The van der Waals surface area contributed by atoms with Crippen molar-refractivity contribution in [2.45, 2.75) is 45.4 Å². The number of ether oxygens (including phenoxy) is 1. The van der Waals surface area contributed by atoms with Crippen LogP contribution in [0, 0.1) is 0 Å². The number of benzene rings is 1. The van der Waals surface area contributed by atoms with E-state index in [2.05, 4.69) is 31.3 Å². The Hall–Kier alpha value is -1.74. The van der Waals surface area contributed by atoms with Gasteiger partial charge in [-0.2, -0.15) is 0 Å². The maximum Gasteiger partial charge on any atom is 0.125 e. The van der Waals surface area contributed by atoms with Crippen LogP contribution >= 0.6 is 0 Å². The van der Waals surface area contributed by atoms with Crippen LogP contribution in [-0.4, -0.2) is 12.1 Å². The molecule has 0 unspecified atom stereocenters. The highest BCUT2D eigenvalue weighted by molar-refractivity contribution is 5.66. The zero-order valence-electron chi connectivity index (χ0n) is 12.1. The third kappa shape index (κ3) is 3.23. The third-order valence-electron chi connectivity index (χ3n) is 3.41. The molecule has 1 aliphatic carbocycles. The van der Waals surface area contributed by atoms with Gasteiger partial charge in [0, 0.05) is 11.6 Å². The average Bonchev–Trinajstić information content (AvgIpc) is 3.12. The van der Waals surface area contributed by atoms with E-state index >= 15 is 0 Å². The smallest absolute Gasteiger partial charge is 0.125 e. The van der Waals surface area contributed by atoms with Crippen LogP contribution in [0.5, 0.6) is 5.75 Å². The predicted octanol–water partition coefficient (Wildman–Crippen LogP) is 3.99. The van der Waals surface area contributed by atoms with Crippen LogP contribution in [0.2, 0.25) is 0 Å². The monoisotopic (exact) mass is 271 g/mol. The van der Waals surface area contributed by atoms with Gasteiger partial charge < -0.3 is 14.5 Å². The van der Waals surface area contributed by atoms with Gasteiger partial charge in [-0.25, -0.2) is 0 Å². The Labute approximate surface area is 119 Å². The molecule has 1 heterocycles. The van der Waals surface area contributed by atoms with Crippen molar-refractivity contribution >= 4 is 0 Å². The summed E-state index contributed by atoms with van der Waals surface area (Å²) < 4.78 is 11.4. The van der Waals surface area contributed by atoms with Crippen LogP contribution in [0.25, 0.3) is 11.1 Å². The van der Waals surface area contributed by atoms with Crippen LogP contribution in [0.1, 0.15) is 32.4 Å². The second-order valence-electron chi connectivity index (χ2n) is 5.63. The van der Waals surface area contributed by atoms with E-state index in [1.54, 1.807) is 6.26 Å². The minimum atomic E-state index is 0.445. The number of hydrogen-bond donors (Lipinski definition) is 1. The molecular formula is C17H21NO2. The molecule has 0 radical (unpaired) electrons. The van der Waals surface area contributed by atoms with E-state index in [0.29, 0.717) is 12.1 Å². The van der Waals surface area contributed by atoms with Gasteiger partial charge in [0.25, 0.3) is 0 Å². The van der Waals surface area contributed by atoms with Crippen LogP contribution in [0.3, 0.4) is 0 Å². The van der Waals surface area contributed by atoms with Gasteiger partial charge in [-0.05, 0) is 36.6 Å². The fourth-order valence-corrected chi connectivity index (χ4v) is 2.12. The summed E-state index contributed by atoms with van der Waals surface area (Å²) in [6.07, 6.45) is 4.57. The molecule has 1 aromatic carbocycles. The molecule has 1 fully saturated rings. The van der Waals surface area contributed by atoms with Crippen molar-refractivity contribution in [3.05, 3.63) is 42.4 Å². The Kier molecular flexibility index (Phi) is 3.79. The molecule has 0 saturated heterocycles. The number of hydrogen-bond acceptors (Lipinski definition) is 3. The van der Waals surface area contributed by atoms with E-state index in [1.165, 1.54) is 18.4 Å². The fourth-order valence-electron chi connectivity index (χ4n) is 2.12. The highest BCUT2D eigenvalue weighted by Gasteiger charge is 2.23. The van der Waals surface area contributed by atoms with Crippen LogP contribution in [0.4, 0.5) is 0 Å². The normalized spacial score (nSPS) is 14.8. The van der Waals surface area contributed by atoms with E-state index in [1.807, 2.05) is 18.2 Å². The van der Waals surface area contributed by atoms with Crippen molar-refractivity contribution in [3.8, 4) is 16.9 Å². The molecule has 1 saturated carbocycles. The Morgan fingerprint density at radius 1 is 1.20 bits per heavy atom. The third-order valence-corrected chi connectivity index (χ3v) is 3.41. The molecule has 0 spiro atoms. The fraction of sp³-hybridized carbons (Fsp3) is 0.412. The Morgan fingerprint density at radius 3 is 2.60 bits per heavy atom. The number of furan rings is 1. The number of rotatable bonds is 6. The lowest BCUT2D eigenvalue weighted by Crippen LogP contribution is -2.21. The highest BCUT2D eigenvalue weighted by Crippen LogP contribution is 2.30. The van der Waals surface area contributed by atoms with Gasteiger partial charge in [0.1, 0.15) is 11.5 Å². The SMILES string of the molecule is CC(C)NCc1occc1-c1ccc(OC2CC2)cc1. The summed E-state index contributed by atoms with van der Waals surface area (Å²) in [5.74, 6) is 1.94. The zero-order valence-corrected chi connectivity index (χ0v) is 12.1. The number of nitrogens with one attached hydrogen (secondary N) is 1. The van der Waals surface area contributed by atoms with Crippen molar-refractivity contribution in [1.82, 2.24) is 5.32 Å². The van der Waals surface area contributed by atoms with Gasteiger partial charge in [0.15, 0.2) is 0 Å². The molecule has 3 heteroatoms. The molecule has 2 aromatic rings. The van der Waals surface area contributed by atoms with Crippen LogP contribution in [-0.2, 0) is 6.54 Å². The van der Waals surface area contributed by atoms with Gasteiger partial charge in [-0.3, -0.25) is 0 Å². The lowest BCUT2D eigenvalue weighted by atomic mass is 10.1. The predicted molar refractivity (Wildman–Crippen MR) is 79.8 cm³/mol. The van der Waals surface area contributed by atoms with Gasteiger partial charge in [-0.1, -0.05) is 26.0 Å². The molecule has 20 heavy (non-hydrogen) atoms. The van der Waals surface area contributed by atoms with Crippen molar-refractivity contribution in [2.24, 2.45) is 0 Å². The topological polar surface area (TPSA) is 34.4 Å². The lowest BCUT2D eigenvalue weighted by Gasteiger charge is -2.09. The first-order valence-electron chi connectivity index (χ1n) is 7.29. The minimum absolute atomic E-state index is 0.445. The molecule has 1 aromatic heterocycles. The summed E-state index contributed by atoms with van der Waals surface area (Å²) in [5, 5.41) is 3.39.